The number of anilines is 1. The quantitative estimate of drug-likeness (QED) is 0.512. The van der Waals surface area contributed by atoms with E-state index in [2.05, 4.69) is 97.7 Å². The molecular formula is C25H24N2S. The summed E-state index contributed by atoms with van der Waals surface area (Å²) in [5.74, 6) is 2.01. The van der Waals surface area contributed by atoms with E-state index in [1.54, 1.807) is 0 Å². The maximum Gasteiger partial charge on any atom is 0.0868 e. The van der Waals surface area contributed by atoms with Crippen LogP contribution in [-0.2, 0) is 0 Å². The Kier molecular flexibility index (Phi) is 4.48. The Morgan fingerprint density at radius 3 is 2.36 bits per heavy atom. The van der Waals surface area contributed by atoms with Crippen molar-refractivity contribution in [3.05, 3.63) is 95.6 Å². The lowest BCUT2D eigenvalue weighted by molar-refractivity contribution is 0.593. The van der Waals surface area contributed by atoms with Gasteiger partial charge < -0.3 is 0 Å². The Hall–Kier alpha value is -2.52. The van der Waals surface area contributed by atoms with Crippen molar-refractivity contribution in [2.45, 2.75) is 30.7 Å². The van der Waals surface area contributed by atoms with Crippen molar-refractivity contribution in [1.29, 1.82) is 0 Å². The van der Waals surface area contributed by atoms with Crippen LogP contribution in [0.3, 0.4) is 0 Å². The van der Waals surface area contributed by atoms with Crippen LogP contribution in [0.2, 0.25) is 0 Å². The van der Waals surface area contributed by atoms with Gasteiger partial charge in [-0.05, 0) is 35.2 Å². The molecule has 0 spiro atoms. The smallest absolute Gasteiger partial charge is 0.0868 e. The molecule has 2 aliphatic rings. The van der Waals surface area contributed by atoms with Gasteiger partial charge in [0, 0.05) is 22.1 Å². The maximum absolute atomic E-state index is 5.17. The normalized spacial score (nSPS) is 20.7. The van der Waals surface area contributed by atoms with Crippen LogP contribution in [-0.4, -0.2) is 11.5 Å². The fourth-order valence-electron chi connectivity index (χ4n) is 4.23. The number of fused-ring (bicyclic) bond motifs is 3. The van der Waals surface area contributed by atoms with Gasteiger partial charge in [-0.3, -0.25) is 5.01 Å². The van der Waals surface area contributed by atoms with Crippen molar-refractivity contribution in [3.8, 4) is 0 Å². The number of hydrogen-bond acceptors (Lipinski definition) is 3. The Bertz CT molecular complexity index is 1010. The number of nitrogens with zero attached hydrogens (tertiary/aromatic N) is 2. The van der Waals surface area contributed by atoms with Crippen molar-refractivity contribution in [1.82, 2.24) is 0 Å². The Balaban J connectivity index is 1.61. The van der Waals surface area contributed by atoms with Crippen molar-refractivity contribution >= 4 is 23.2 Å². The third-order valence-electron chi connectivity index (χ3n) is 5.76. The fraction of sp³-hybridized carbons (Fsp3) is 0.240. The van der Waals surface area contributed by atoms with E-state index in [9.17, 15) is 0 Å². The first-order chi connectivity index (χ1) is 13.7. The Labute approximate surface area is 171 Å². The largest absolute Gasteiger partial charge is 0.257 e. The van der Waals surface area contributed by atoms with E-state index in [4.69, 9.17) is 5.10 Å². The molecule has 2 aliphatic heterocycles. The standard InChI is InChI=1S/C25H24N2S/c1-17(2)18-12-14-19(15-13-18)25-22-16-28-23-11-7-6-10-21(23)24(22)26-27(25)20-8-4-3-5-9-20/h3-15,17,22,25H,16H2,1-2H3/t22-,25-/m1/s1. The predicted molar refractivity (Wildman–Crippen MR) is 119 cm³/mol. The maximum atomic E-state index is 5.17. The Morgan fingerprint density at radius 1 is 0.893 bits per heavy atom. The average Bonchev–Trinajstić information content (AvgIpc) is 3.14. The second-order valence-electron chi connectivity index (χ2n) is 7.85. The molecule has 2 nitrogen and oxygen atoms in total. The SMILES string of the molecule is CC(C)c1ccc([C@@H]2[C@@H]3CSc4ccccc4C3=NN2c2ccccc2)cc1. The van der Waals surface area contributed by atoms with Gasteiger partial charge in [-0.25, -0.2) is 0 Å². The van der Waals surface area contributed by atoms with Gasteiger partial charge in [0.15, 0.2) is 0 Å². The number of rotatable bonds is 3. The van der Waals surface area contributed by atoms with E-state index in [0.29, 0.717) is 11.8 Å². The summed E-state index contributed by atoms with van der Waals surface area (Å²) in [5, 5.41) is 7.42. The molecule has 0 amide bonds. The minimum atomic E-state index is 0.236. The lowest BCUT2D eigenvalue weighted by atomic mass is 9.87. The average molecular weight is 385 g/mol. The molecule has 3 aromatic rings. The van der Waals surface area contributed by atoms with Gasteiger partial charge in [0.1, 0.15) is 0 Å². The zero-order valence-electron chi connectivity index (χ0n) is 16.2. The highest BCUT2D eigenvalue weighted by atomic mass is 32.2. The molecular weight excluding hydrogens is 360 g/mol. The summed E-state index contributed by atoms with van der Waals surface area (Å²) >= 11 is 1.96. The summed E-state index contributed by atoms with van der Waals surface area (Å²) in [6.45, 7) is 4.49. The lowest BCUT2D eigenvalue weighted by Gasteiger charge is -2.30. The first kappa shape index (κ1) is 17.6. The summed E-state index contributed by atoms with van der Waals surface area (Å²) < 4.78 is 0. The Morgan fingerprint density at radius 2 is 1.61 bits per heavy atom. The van der Waals surface area contributed by atoms with Gasteiger partial charge in [0.25, 0.3) is 0 Å². The van der Waals surface area contributed by atoms with Crippen LogP contribution in [0.5, 0.6) is 0 Å². The number of para-hydroxylation sites is 1. The summed E-state index contributed by atoms with van der Waals surface area (Å²) in [6, 6.07) is 28.7. The topological polar surface area (TPSA) is 15.6 Å². The van der Waals surface area contributed by atoms with Crippen LogP contribution >= 0.6 is 11.8 Å². The monoisotopic (exact) mass is 384 g/mol. The molecule has 0 fully saturated rings. The molecule has 140 valence electrons. The molecule has 0 unspecified atom stereocenters. The van der Waals surface area contributed by atoms with Gasteiger partial charge in [0.2, 0.25) is 0 Å². The van der Waals surface area contributed by atoms with Crippen molar-refractivity contribution < 1.29 is 0 Å². The van der Waals surface area contributed by atoms with Crippen molar-refractivity contribution in [2.24, 2.45) is 11.0 Å². The van der Waals surface area contributed by atoms with E-state index in [0.717, 1.165) is 11.4 Å². The minimum Gasteiger partial charge on any atom is -0.257 e. The molecule has 0 radical (unpaired) electrons. The molecule has 2 heterocycles. The summed E-state index contributed by atoms with van der Waals surface area (Å²) in [6.07, 6.45) is 0. The fourth-order valence-corrected chi connectivity index (χ4v) is 5.43. The molecule has 5 rings (SSSR count). The zero-order chi connectivity index (χ0) is 19.1. The van der Waals surface area contributed by atoms with Crippen molar-refractivity contribution in [2.75, 3.05) is 10.8 Å². The number of hydrogen-bond donors (Lipinski definition) is 0. The van der Waals surface area contributed by atoms with Gasteiger partial charge in [-0.2, -0.15) is 5.10 Å². The molecule has 0 N–H and O–H groups in total. The van der Waals surface area contributed by atoms with E-state index >= 15 is 0 Å². The van der Waals surface area contributed by atoms with Gasteiger partial charge >= 0.3 is 0 Å². The van der Waals surface area contributed by atoms with Crippen LogP contribution in [0.1, 0.15) is 42.5 Å². The summed E-state index contributed by atoms with van der Waals surface area (Å²) in [5.41, 5.74) is 6.42. The number of benzene rings is 3. The van der Waals surface area contributed by atoms with Gasteiger partial charge in [-0.15, -0.1) is 11.8 Å². The van der Waals surface area contributed by atoms with E-state index < -0.39 is 0 Å². The van der Waals surface area contributed by atoms with Crippen LogP contribution < -0.4 is 5.01 Å². The van der Waals surface area contributed by atoms with Crippen LogP contribution in [0.4, 0.5) is 5.69 Å². The predicted octanol–water partition coefficient (Wildman–Crippen LogP) is 6.50. The molecule has 0 aliphatic carbocycles. The summed E-state index contributed by atoms with van der Waals surface area (Å²) in [4.78, 5) is 1.35. The van der Waals surface area contributed by atoms with Crippen LogP contribution in [0.25, 0.3) is 0 Å². The first-order valence-electron chi connectivity index (χ1n) is 9.97. The first-order valence-corrected chi connectivity index (χ1v) is 11.0. The second-order valence-corrected chi connectivity index (χ2v) is 8.91. The third kappa shape index (κ3) is 2.94. The van der Waals surface area contributed by atoms with Crippen molar-refractivity contribution in [3.63, 3.8) is 0 Å². The van der Waals surface area contributed by atoms with E-state index in [1.807, 2.05) is 11.8 Å². The molecule has 28 heavy (non-hydrogen) atoms. The minimum absolute atomic E-state index is 0.236. The molecule has 3 heteroatoms. The van der Waals surface area contributed by atoms with Gasteiger partial charge in [-0.1, -0.05) is 74.5 Å². The lowest BCUT2D eigenvalue weighted by Crippen LogP contribution is -2.29. The van der Waals surface area contributed by atoms with Crippen LogP contribution in [0.15, 0.2) is 88.9 Å². The van der Waals surface area contributed by atoms with Crippen LogP contribution in [0, 0.1) is 5.92 Å². The third-order valence-corrected chi connectivity index (χ3v) is 6.95. The summed E-state index contributed by atoms with van der Waals surface area (Å²) in [7, 11) is 0. The molecule has 0 saturated heterocycles. The number of hydrazone groups is 1. The van der Waals surface area contributed by atoms with E-state index in [1.165, 1.54) is 27.3 Å². The van der Waals surface area contributed by atoms with Gasteiger partial charge in [0.05, 0.1) is 17.4 Å². The molecule has 2 atom stereocenters. The molecule has 0 aromatic heterocycles. The zero-order valence-corrected chi connectivity index (χ0v) is 17.1. The highest BCUT2D eigenvalue weighted by Crippen LogP contribution is 2.47. The number of thioether (sulfide) groups is 1. The molecule has 0 saturated carbocycles. The molecule has 3 aromatic carbocycles. The molecule has 0 bridgehead atoms. The highest BCUT2D eigenvalue weighted by Gasteiger charge is 2.42. The van der Waals surface area contributed by atoms with E-state index in [-0.39, 0.29) is 6.04 Å². The second kappa shape index (κ2) is 7.14. The highest BCUT2D eigenvalue weighted by molar-refractivity contribution is 7.99.